The molecule has 1 aromatic heterocycles. The zero-order valence-electron chi connectivity index (χ0n) is 19.3. The van der Waals surface area contributed by atoms with E-state index in [-0.39, 0.29) is 29.1 Å². The number of nitrogens with one attached hydrogen (secondary N) is 1. The summed E-state index contributed by atoms with van der Waals surface area (Å²) in [5.74, 6) is 0.0187. The van der Waals surface area contributed by atoms with Crippen LogP contribution < -0.4 is 4.90 Å². The van der Waals surface area contributed by atoms with Crippen LogP contribution in [0.1, 0.15) is 63.1 Å². The number of aromatic nitrogens is 1. The van der Waals surface area contributed by atoms with E-state index >= 15 is 0 Å². The third-order valence-corrected chi connectivity index (χ3v) is 8.70. The molecule has 1 saturated heterocycles. The van der Waals surface area contributed by atoms with E-state index in [1.165, 1.54) is 15.8 Å². The average molecular weight is 461 g/mol. The molecule has 0 spiro atoms. The first-order valence-electron chi connectivity index (χ1n) is 12.0. The van der Waals surface area contributed by atoms with Crippen molar-refractivity contribution in [1.82, 2.24) is 4.98 Å². The normalized spacial score (nSPS) is 29.2. The van der Waals surface area contributed by atoms with E-state index in [1.54, 1.807) is 24.3 Å². The predicted molar refractivity (Wildman–Crippen MR) is 132 cm³/mol. The van der Waals surface area contributed by atoms with E-state index in [9.17, 15) is 9.59 Å². The first-order valence-corrected chi connectivity index (χ1v) is 12.4. The number of hydrogen-bond acceptors (Lipinski definition) is 2. The lowest BCUT2D eigenvalue weighted by molar-refractivity contribution is -0.123. The van der Waals surface area contributed by atoms with E-state index in [1.807, 2.05) is 6.07 Å². The number of amides is 2. The summed E-state index contributed by atoms with van der Waals surface area (Å²) in [5, 5.41) is 1.73. The topological polar surface area (TPSA) is 53.2 Å². The highest BCUT2D eigenvalue weighted by molar-refractivity contribution is 6.31. The smallest absolute Gasteiger partial charge is 0.243 e. The van der Waals surface area contributed by atoms with Gasteiger partial charge < -0.3 is 4.98 Å². The summed E-state index contributed by atoms with van der Waals surface area (Å²) in [6, 6.07) is 15.4. The van der Waals surface area contributed by atoms with E-state index in [2.05, 4.69) is 44.0 Å². The number of carbonyl (C=O) groups is 2. The largest absolute Gasteiger partial charge is 0.357 e. The molecule has 33 heavy (non-hydrogen) atoms. The number of nitrogens with zero attached hydrogens (tertiary/aromatic N) is 1. The number of hydrogen-bond donors (Lipinski definition) is 1. The van der Waals surface area contributed by atoms with Gasteiger partial charge in [-0.2, -0.15) is 0 Å². The SMILES string of the molecule is CC(C)(C)[C@H]1CC[C@@H]2c3c([nH]c4ccccc34)[C@H]3C(=O)N(c4cccc(Cl)c4)C(=O)[C@@H]3[C@@H]2C1. The first-order chi connectivity index (χ1) is 15.8. The second-order valence-electron chi connectivity index (χ2n) is 11.1. The molecule has 5 heteroatoms. The molecular weight excluding hydrogens is 432 g/mol. The number of aromatic amines is 1. The van der Waals surface area contributed by atoms with Crippen molar-refractivity contribution in [3.8, 4) is 0 Å². The summed E-state index contributed by atoms with van der Waals surface area (Å²) in [4.78, 5) is 32.8. The van der Waals surface area contributed by atoms with Gasteiger partial charge in [0.05, 0.1) is 17.5 Å². The zero-order chi connectivity index (χ0) is 23.1. The molecule has 170 valence electrons. The average Bonchev–Trinajstić information content (AvgIpc) is 3.28. The number of anilines is 1. The Kier molecular flexibility index (Phi) is 4.58. The van der Waals surface area contributed by atoms with Crippen LogP contribution in [0.4, 0.5) is 5.69 Å². The number of rotatable bonds is 1. The van der Waals surface area contributed by atoms with Crippen LogP contribution in [0.5, 0.6) is 0 Å². The first kappa shape index (κ1) is 21.0. The number of imide groups is 1. The fourth-order valence-electron chi connectivity index (χ4n) is 6.87. The fraction of sp³-hybridized carbons (Fsp3) is 0.429. The molecule has 3 aliphatic rings. The highest BCUT2D eigenvalue weighted by Gasteiger charge is 2.59. The standard InChI is InChI=1S/C28H29ClN2O2/c1-28(2,3)15-11-12-18-20(13-15)23-24(25-22(18)19-9-4-5-10-21(19)30-25)27(33)31(26(23)32)17-8-6-7-16(29)14-17/h4-10,14-15,18,20,23-24,30H,11-13H2,1-3H3/t15-,18-,20+,23+,24-/m0/s1. The number of carbonyl (C=O) groups excluding carboxylic acids is 2. The van der Waals surface area contributed by atoms with Gasteiger partial charge in [-0.1, -0.05) is 56.6 Å². The Hall–Kier alpha value is -2.59. The highest BCUT2D eigenvalue weighted by Crippen LogP contribution is 2.60. The maximum atomic E-state index is 13.9. The van der Waals surface area contributed by atoms with Gasteiger partial charge in [0, 0.05) is 21.6 Å². The number of benzene rings is 2. The maximum Gasteiger partial charge on any atom is 0.243 e. The molecule has 2 amide bonds. The Morgan fingerprint density at radius 3 is 2.55 bits per heavy atom. The van der Waals surface area contributed by atoms with Crippen LogP contribution in [0.25, 0.3) is 10.9 Å². The highest BCUT2D eigenvalue weighted by atomic mass is 35.5. The van der Waals surface area contributed by atoms with Gasteiger partial charge in [0.15, 0.2) is 0 Å². The molecule has 2 fully saturated rings. The van der Waals surface area contributed by atoms with Crippen LogP contribution in [-0.2, 0) is 9.59 Å². The molecule has 1 saturated carbocycles. The van der Waals surface area contributed by atoms with E-state index in [4.69, 9.17) is 11.6 Å². The summed E-state index contributed by atoms with van der Waals surface area (Å²) in [7, 11) is 0. The minimum absolute atomic E-state index is 0.0684. The minimum Gasteiger partial charge on any atom is -0.357 e. The minimum atomic E-state index is -0.459. The Labute approximate surface area is 199 Å². The van der Waals surface area contributed by atoms with Crippen LogP contribution in [0.2, 0.25) is 5.02 Å². The van der Waals surface area contributed by atoms with Crippen LogP contribution >= 0.6 is 11.6 Å². The summed E-state index contributed by atoms with van der Waals surface area (Å²) in [5.41, 5.74) is 4.04. The van der Waals surface area contributed by atoms with Crippen molar-refractivity contribution in [2.75, 3.05) is 4.90 Å². The van der Waals surface area contributed by atoms with Crippen molar-refractivity contribution in [1.29, 1.82) is 0 Å². The lowest BCUT2D eigenvalue weighted by Gasteiger charge is -2.47. The molecule has 0 radical (unpaired) electrons. The van der Waals surface area contributed by atoms with Gasteiger partial charge in [-0.05, 0) is 72.3 Å². The number of fused-ring (bicyclic) bond motifs is 8. The monoisotopic (exact) mass is 460 g/mol. The Morgan fingerprint density at radius 1 is 1.00 bits per heavy atom. The molecule has 4 nitrogen and oxygen atoms in total. The second-order valence-corrected chi connectivity index (χ2v) is 11.6. The Bertz CT molecular complexity index is 1290. The molecule has 0 unspecified atom stereocenters. The molecular formula is C28H29ClN2O2. The molecule has 0 bridgehead atoms. The number of halogens is 1. The molecule has 6 rings (SSSR count). The van der Waals surface area contributed by atoms with Crippen molar-refractivity contribution in [3.63, 3.8) is 0 Å². The molecule has 2 heterocycles. The molecule has 2 aliphatic carbocycles. The summed E-state index contributed by atoms with van der Waals surface area (Å²) < 4.78 is 0. The molecule has 3 aromatic rings. The molecule has 1 N–H and O–H groups in total. The van der Waals surface area contributed by atoms with Gasteiger partial charge in [0.2, 0.25) is 11.8 Å². The maximum absolute atomic E-state index is 13.9. The van der Waals surface area contributed by atoms with Gasteiger partial charge in [0.25, 0.3) is 0 Å². The summed E-state index contributed by atoms with van der Waals surface area (Å²) >= 11 is 6.23. The lowest BCUT2D eigenvalue weighted by Crippen LogP contribution is -2.41. The van der Waals surface area contributed by atoms with E-state index in [0.717, 1.165) is 30.5 Å². The van der Waals surface area contributed by atoms with Crippen LogP contribution in [0, 0.1) is 23.2 Å². The lowest BCUT2D eigenvalue weighted by atomic mass is 9.56. The van der Waals surface area contributed by atoms with Crippen molar-refractivity contribution in [3.05, 3.63) is 64.8 Å². The quantitative estimate of drug-likeness (QED) is 0.413. The van der Waals surface area contributed by atoms with Gasteiger partial charge in [0.1, 0.15) is 0 Å². The van der Waals surface area contributed by atoms with Crippen molar-refractivity contribution in [2.45, 2.75) is 51.9 Å². The van der Waals surface area contributed by atoms with Crippen molar-refractivity contribution in [2.24, 2.45) is 23.2 Å². The Morgan fingerprint density at radius 2 is 1.79 bits per heavy atom. The third-order valence-electron chi connectivity index (χ3n) is 8.46. The molecule has 5 atom stereocenters. The van der Waals surface area contributed by atoms with Crippen molar-refractivity contribution >= 4 is 40.0 Å². The summed E-state index contributed by atoms with van der Waals surface area (Å²) in [6.45, 7) is 6.90. The van der Waals surface area contributed by atoms with Gasteiger partial charge in [-0.15, -0.1) is 0 Å². The van der Waals surface area contributed by atoms with Crippen LogP contribution in [-0.4, -0.2) is 16.8 Å². The third kappa shape index (κ3) is 3.03. The zero-order valence-corrected chi connectivity index (χ0v) is 20.0. The fourth-order valence-corrected chi connectivity index (χ4v) is 7.06. The predicted octanol–water partition coefficient (Wildman–Crippen LogP) is 6.65. The number of para-hydroxylation sites is 1. The second kappa shape index (κ2) is 7.20. The molecule has 1 aliphatic heterocycles. The van der Waals surface area contributed by atoms with Crippen molar-refractivity contribution < 1.29 is 9.59 Å². The van der Waals surface area contributed by atoms with Gasteiger partial charge in [-0.3, -0.25) is 9.59 Å². The van der Waals surface area contributed by atoms with Crippen LogP contribution in [0.15, 0.2) is 48.5 Å². The van der Waals surface area contributed by atoms with E-state index in [0.29, 0.717) is 22.5 Å². The van der Waals surface area contributed by atoms with Crippen LogP contribution in [0.3, 0.4) is 0 Å². The van der Waals surface area contributed by atoms with E-state index < -0.39 is 5.92 Å². The number of H-pyrrole nitrogens is 1. The summed E-state index contributed by atoms with van der Waals surface area (Å²) in [6.07, 6.45) is 3.20. The van der Waals surface area contributed by atoms with Gasteiger partial charge in [-0.25, -0.2) is 4.90 Å². The Balaban J connectivity index is 1.53. The molecule has 2 aromatic carbocycles. The van der Waals surface area contributed by atoms with Gasteiger partial charge >= 0.3 is 0 Å².